The summed E-state index contributed by atoms with van der Waals surface area (Å²) < 4.78 is 43.4. The molecule has 3 rings (SSSR count). The van der Waals surface area contributed by atoms with Crippen LogP contribution in [0.5, 0.6) is 0 Å². The first kappa shape index (κ1) is 32.5. The zero-order valence-corrected chi connectivity index (χ0v) is 25.3. The molecule has 2 unspecified atom stereocenters. The Bertz CT molecular complexity index is 1470. The summed E-state index contributed by atoms with van der Waals surface area (Å²) in [5.41, 5.74) is 1.47. The van der Waals surface area contributed by atoms with Gasteiger partial charge in [0.2, 0.25) is 5.91 Å². The Labute approximate surface area is 248 Å². The molecule has 0 bridgehead atoms. The fourth-order valence-corrected chi connectivity index (χ4v) is 5.21. The maximum atomic E-state index is 12.9. The van der Waals surface area contributed by atoms with Gasteiger partial charge in [-0.15, -0.1) is 11.3 Å². The molecule has 4 N–H and O–H groups in total. The molecule has 0 aliphatic carbocycles. The van der Waals surface area contributed by atoms with Crippen LogP contribution >= 0.6 is 11.3 Å². The molecule has 226 valence electrons. The minimum absolute atomic E-state index is 0.103. The number of esters is 1. The Balaban J connectivity index is 1.74. The van der Waals surface area contributed by atoms with E-state index < -0.39 is 46.0 Å². The third-order valence-corrected chi connectivity index (χ3v) is 7.15. The molecule has 0 radical (unpaired) electrons. The topological polar surface area (TPSA) is 173 Å². The monoisotopic (exact) mass is 618 g/mol. The summed E-state index contributed by atoms with van der Waals surface area (Å²) in [4.78, 5) is 42.4. The number of alkyl carbamates (subject to hydrolysis) is 1. The van der Waals surface area contributed by atoms with E-state index in [1.807, 2.05) is 35.1 Å². The fraction of sp³-hybridized carbons (Fsp3) is 0.357. The van der Waals surface area contributed by atoms with Crippen LogP contribution in [0.3, 0.4) is 0 Å². The van der Waals surface area contributed by atoms with Crippen LogP contribution in [0.2, 0.25) is 0 Å². The molecular weight excluding hydrogens is 584 g/mol. The number of hydrogen-bond acceptors (Lipinski definition) is 9. The third-order valence-electron chi connectivity index (χ3n) is 5.64. The molecule has 3 aromatic rings. The van der Waals surface area contributed by atoms with Crippen molar-refractivity contribution < 1.29 is 36.8 Å². The lowest BCUT2D eigenvalue weighted by atomic mass is 10.1. The summed E-state index contributed by atoms with van der Waals surface area (Å²) in [5.74, 6) is -0.984. The molecule has 12 nitrogen and oxygen atoms in total. The summed E-state index contributed by atoms with van der Waals surface area (Å²) in [7, 11) is -3.16. The van der Waals surface area contributed by atoms with Crippen molar-refractivity contribution in [3.63, 3.8) is 0 Å². The van der Waals surface area contributed by atoms with E-state index in [-0.39, 0.29) is 24.9 Å². The van der Waals surface area contributed by atoms with E-state index in [1.54, 1.807) is 38.3 Å². The minimum atomic E-state index is -4.42. The SMILES string of the molecule is COC(=O)C(Cc1ccccc1)NC(=O)Cc1csc(C(Cc2ccc(NS(=O)(=O)O)cc2)NC(=O)OC(C)(C)C)n1. The second-order valence-corrected chi connectivity index (χ2v) is 12.4. The summed E-state index contributed by atoms with van der Waals surface area (Å²) in [6.07, 6.45) is -0.226. The van der Waals surface area contributed by atoms with E-state index in [0.29, 0.717) is 10.7 Å². The fourth-order valence-electron chi connectivity index (χ4n) is 3.90. The predicted octanol–water partition coefficient (Wildman–Crippen LogP) is 3.61. The van der Waals surface area contributed by atoms with Crippen molar-refractivity contribution in [2.45, 2.75) is 57.7 Å². The predicted molar refractivity (Wildman–Crippen MR) is 157 cm³/mol. The number of ether oxygens (including phenoxy) is 2. The average Bonchev–Trinajstić information content (AvgIpc) is 3.35. The van der Waals surface area contributed by atoms with Crippen LogP contribution in [0.15, 0.2) is 60.0 Å². The Hall–Kier alpha value is -4.01. The number of methoxy groups -OCH3 is 1. The van der Waals surface area contributed by atoms with Crippen molar-refractivity contribution in [2.24, 2.45) is 0 Å². The summed E-state index contributed by atoms with van der Waals surface area (Å²) in [5, 5.41) is 7.74. The number of aromatic nitrogens is 1. The number of hydrogen-bond donors (Lipinski definition) is 4. The largest absolute Gasteiger partial charge is 0.467 e. The molecule has 1 aromatic heterocycles. The summed E-state index contributed by atoms with van der Waals surface area (Å²) in [6, 6.07) is 14.0. The number of carbonyl (C=O) groups excluding carboxylic acids is 3. The van der Waals surface area contributed by atoms with Crippen molar-refractivity contribution in [1.29, 1.82) is 0 Å². The first-order valence-corrected chi connectivity index (χ1v) is 15.2. The van der Waals surface area contributed by atoms with Gasteiger partial charge in [0.15, 0.2) is 0 Å². The van der Waals surface area contributed by atoms with Gasteiger partial charge in [0, 0.05) is 11.8 Å². The number of nitrogens with zero attached hydrogens (tertiary/aromatic N) is 1. The van der Waals surface area contributed by atoms with Gasteiger partial charge in [-0.3, -0.25) is 14.1 Å². The van der Waals surface area contributed by atoms with E-state index >= 15 is 0 Å². The number of carbonyl (C=O) groups is 3. The summed E-state index contributed by atoms with van der Waals surface area (Å²) in [6.45, 7) is 5.21. The molecule has 0 saturated heterocycles. The molecule has 1 heterocycles. The molecule has 0 aliphatic heterocycles. The highest BCUT2D eigenvalue weighted by Crippen LogP contribution is 2.24. The average molecular weight is 619 g/mol. The Morgan fingerprint density at radius 1 is 0.976 bits per heavy atom. The maximum Gasteiger partial charge on any atom is 0.408 e. The van der Waals surface area contributed by atoms with Crippen LogP contribution in [-0.4, -0.2) is 54.7 Å². The van der Waals surface area contributed by atoms with E-state index in [1.165, 1.54) is 30.6 Å². The van der Waals surface area contributed by atoms with Gasteiger partial charge >= 0.3 is 22.4 Å². The highest BCUT2D eigenvalue weighted by atomic mass is 32.2. The second-order valence-electron chi connectivity index (χ2n) is 10.4. The van der Waals surface area contributed by atoms with Gasteiger partial charge in [0.05, 0.1) is 31.0 Å². The third kappa shape index (κ3) is 11.1. The quantitative estimate of drug-likeness (QED) is 0.175. The van der Waals surface area contributed by atoms with Gasteiger partial charge in [0.25, 0.3) is 0 Å². The molecule has 0 aliphatic rings. The van der Waals surface area contributed by atoms with Gasteiger partial charge in [-0.05, 0) is 50.5 Å². The Kier molecular flexibility index (Phi) is 11.0. The van der Waals surface area contributed by atoms with Crippen LogP contribution in [0.4, 0.5) is 10.5 Å². The normalized spacial score (nSPS) is 13.0. The van der Waals surface area contributed by atoms with Crippen molar-refractivity contribution in [3.8, 4) is 0 Å². The van der Waals surface area contributed by atoms with E-state index in [2.05, 4.69) is 15.6 Å². The van der Waals surface area contributed by atoms with Crippen LogP contribution in [0, 0.1) is 0 Å². The lowest BCUT2D eigenvalue weighted by Crippen LogP contribution is -2.43. The van der Waals surface area contributed by atoms with Crippen molar-refractivity contribution in [1.82, 2.24) is 15.6 Å². The number of anilines is 1. The molecule has 2 atom stereocenters. The first-order chi connectivity index (χ1) is 19.7. The smallest absolute Gasteiger partial charge is 0.408 e. The molecule has 42 heavy (non-hydrogen) atoms. The van der Waals surface area contributed by atoms with Crippen LogP contribution in [0.1, 0.15) is 48.6 Å². The number of amides is 2. The van der Waals surface area contributed by atoms with Gasteiger partial charge in [0.1, 0.15) is 16.7 Å². The lowest BCUT2D eigenvalue weighted by molar-refractivity contribution is -0.145. The summed E-state index contributed by atoms with van der Waals surface area (Å²) >= 11 is 1.24. The second kappa shape index (κ2) is 14.2. The lowest BCUT2D eigenvalue weighted by Gasteiger charge is -2.23. The van der Waals surface area contributed by atoms with E-state index in [0.717, 1.165) is 11.1 Å². The van der Waals surface area contributed by atoms with Crippen molar-refractivity contribution in [2.75, 3.05) is 11.8 Å². The Morgan fingerprint density at radius 2 is 1.62 bits per heavy atom. The van der Waals surface area contributed by atoms with Crippen LogP contribution in [0.25, 0.3) is 0 Å². The molecule has 2 aromatic carbocycles. The number of thiazole rings is 1. The zero-order chi connectivity index (χ0) is 30.9. The zero-order valence-electron chi connectivity index (χ0n) is 23.6. The van der Waals surface area contributed by atoms with E-state index in [4.69, 9.17) is 14.0 Å². The van der Waals surface area contributed by atoms with Crippen LogP contribution in [-0.2, 0) is 48.6 Å². The molecule has 0 spiro atoms. The molecule has 0 saturated carbocycles. The Morgan fingerprint density at radius 3 is 2.21 bits per heavy atom. The van der Waals surface area contributed by atoms with Gasteiger partial charge < -0.3 is 20.1 Å². The maximum absolute atomic E-state index is 12.9. The molecule has 0 fully saturated rings. The molecular formula is C28H34N4O8S2. The number of benzene rings is 2. The minimum Gasteiger partial charge on any atom is -0.467 e. The van der Waals surface area contributed by atoms with Crippen LogP contribution < -0.4 is 15.4 Å². The van der Waals surface area contributed by atoms with Gasteiger partial charge in [-0.2, -0.15) is 8.42 Å². The van der Waals surface area contributed by atoms with Gasteiger partial charge in [-0.25, -0.2) is 14.6 Å². The van der Waals surface area contributed by atoms with Crippen molar-refractivity contribution in [3.05, 3.63) is 81.8 Å². The van der Waals surface area contributed by atoms with Crippen molar-refractivity contribution >= 4 is 45.3 Å². The molecule has 2 amide bonds. The number of rotatable bonds is 12. The standard InChI is InChI=1S/C28H34N4O8S2/c1-28(2,3)40-27(35)31-22(14-19-10-12-20(13-11-19)32-42(36,37)38)25-29-21(17-41-25)16-24(33)30-23(26(34)39-4)15-18-8-6-5-7-9-18/h5-13,17,22-23,32H,14-16H2,1-4H3,(H,30,33)(H,31,35)(H,36,37,38). The molecule has 14 heteroatoms. The first-order valence-electron chi connectivity index (χ1n) is 12.9. The highest BCUT2D eigenvalue weighted by molar-refractivity contribution is 7.87. The van der Waals surface area contributed by atoms with E-state index in [9.17, 15) is 22.8 Å². The highest BCUT2D eigenvalue weighted by Gasteiger charge is 2.25. The number of nitrogens with one attached hydrogen (secondary N) is 3. The van der Waals surface area contributed by atoms with Gasteiger partial charge in [-0.1, -0.05) is 42.5 Å².